The van der Waals surface area contributed by atoms with Crippen molar-refractivity contribution in [1.82, 2.24) is 0 Å². The lowest BCUT2D eigenvalue weighted by Crippen LogP contribution is -1.88. The summed E-state index contributed by atoms with van der Waals surface area (Å²) in [4.78, 5) is 0. The van der Waals surface area contributed by atoms with E-state index in [2.05, 4.69) is 43.9 Å². The van der Waals surface area contributed by atoms with Crippen molar-refractivity contribution in [3.63, 3.8) is 0 Å². The molecule has 0 radical (unpaired) electrons. The van der Waals surface area contributed by atoms with Gasteiger partial charge in [-0.05, 0) is 49.2 Å². The van der Waals surface area contributed by atoms with Gasteiger partial charge in [0.25, 0.3) is 0 Å². The van der Waals surface area contributed by atoms with Gasteiger partial charge >= 0.3 is 0 Å². The van der Waals surface area contributed by atoms with Crippen LogP contribution in [0.2, 0.25) is 0 Å². The van der Waals surface area contributed by atoms with E-state index < -0.39 is 0 Å². The Labute approximate surface area is 120 Å². The lowest BCUT2D eigenvalue weighted by atomic mass is 10.1. The van der Waals surface area contributed by atoms with Crippen LogP contribution in [-0.4, -0.2) is 14.2 Å². The van der Waals surface area contributed by atoms with Crippen molar-refractivity contribution < 1.29 is 9.47 Å². The topological polar surface area (TPSA) is 18.5 Å². The van der Waals surface area contributed by atoms with Crippen molar-refractivity contribution in [3.05, 3.63) is 58.7 Å². The maximum absolute atomic E-state index is 5.24. The van der Waals surface area contributed by atoms with Gasteiger partial charge in [-0.2, -0.15) is 0 Å². The van der Waals surface area contributed by atoms with E-state index in [1.54, 1.807) is 14.2 Å². The monoisotopic (exact) mass is 266 g/mol. The van der Waals surface area contributed by atoms with Crippen molar-refractivity contribution in [3.8, 4) is 23.3 Å². The molecule has 0 unspecified atom stereocenters. The van der Waals surface area contributed by atoms with Crippen molar-refractivity contribution in [2.24, 2.45) is 0 Å². The molecule has 20 heavy (non-hydrogen) atoms. The van der Waals surface area contributed by atoms with Crippen LogP contribution in [0.3, 0.4) is 0 Å². The zero-order valence-electron chi connectivity index (χ0n) is 12.3. The lowest BCUT2D eigenvalue weighted by molar-refractivity contribution is 0.394. The Morgan fingerprint density at radius 3 is 1.55 bits per heavy atom. The Morgan fingerprint density at radius 1 is 0.650 bits per heavy atom. The highest BCUT2D eigenvalue weighted by Gasteiger charge is 1.99. The van der Waals surface area contributed by atoms with Gasteiger partial charge in [0, 0.05) is 17.2 Å². The van der Waals surface area contributed by atoms with Crippen LogP contribution in [0.25, 0.3) is 0 Å². The van der Waals surface area contributed by atoms with E-state index in [9.17, 15) is 0 Å². The Bertz CT molecular complexity index is 633. The van der Waals surface area contributed by atoms with E-state index in [0.717, 1.165) is 22.6 Å². The fraction of sp³-hybridized carbons (Fsp3) is 0.222. The van der Waals surface area contributed by atoms with Gasteiger partial charge < -0.3 is 9.47 Å². The Balaban J connectivity index is 2.36. The van der Waals surface area contributed by atoms with Crippen LogP contribution in [0.15, 0.2) is 36.4 Å². The summed E-state index contributed by atoms with van der Waals surface area (Å²) in [6.45, 7) is 4.15. The molecule has 2 nitrogen and oxygen atoms in total. The Hall–Kier alpha value is -2.40. The van der Waals surface area contributed by atoms with Gasteiger partial charge in [-0.1, -0.05) is 17.9 Å². The van der Waals surface area contributed by atoms with E-state index in [0.29, 0.717) is 0 Å². The van der Waals surface area contributed by atoms with E-state index in [4.69, 9.17) is 9.47 Å². The van der Waals surface area contributed by atoms with Crippen LogP contribution in [0.5, 0.6) is 11.5 Å². The summed E-state index contributed by atoms with van der Waals surface area (Å²) >= 11 is 0. The molecule has 2 heteroatoms. The van der Waals surface area contributed by atoms with Crippen molar-refractivity contribution in [1.29, 1.82) is 0 Å². The maximum Gasteiger partial charge on any atom is 0.123 e. The molecule has 0 heterocycles. The molecule has 0 atom stereocenters. The number of rotatable bonds is 2. The van der Waals surface area contributed by atoms with Gasteiger partial charge in [0.2, 0.25) is 0 Å². The molecule has 0 fully saturated rings. The molecular weight excluding hydrogens is 248 g/mol. The molecule has 2 rings (SSSR count). The zero-order valence-corrected chi connectivity index (χ0v) is 12.3. The molecule has 0 spiro atoms. The highest BCUT2D eigenvalue weighted by molar-refractivity contribution is 5.50. The van der Waals surface area contributed by atoms with E-state index in [-0.39, 0.29) is 0 Å². The summed E-state index contributed by atoms with van der Waals surface area (Å²) in [6, 6.07) is 11.9. The molecule has 0 N–H and O–H groups in total. The smallest absolute Gasteiger partial charge is 0.123 e. The highest BCUT2D eigenvalue weighted by Crippen LogP contribution is 2.21. The van der Waals surface area contributed by atoms with Crippen molar-refractivity contribution in [2.45, 2.75) is 13.8 Å². The predicted octanol–water partition coefficient (Wildman–Crippen LogP) is 3.72. The minimum absolute atomic E-state index is 0.745. The van der Waals surface area contributed by atoms with Crippen LogP contribution in [0, 0.1) is 25.7 Å². The van der Waals surface area contributed by atoms with Gasteiger partial charge in [-0.15, -0.1) is 0 Å². The minimum Gasteiger partial charge on any atom is -0.497 e. The molecule has 0 saturated carbocycles. The summed E-state index contributed by atoms with van der Waals surface area (Å²) in [6.07, 6.45) is 0. The number of aryl methyl sites for hydroxylation is 2. The fourth-order valence-corrected chi connectivity index (χ4v) is 2.07. The first-order valence-electron chi connectivity index (χ1n) is 6.44. The molecule has 0 saturated heterocycles. The van der Waals surface area contributed by atoms with Crippen LogP contribution in [0.1, 0.15) is 22.3 Å². The highest BCUT2D eigenvalue weighted by atomic mass is 16.5. The molecule has 102 valence electrons. The summed E-state index contributed by atoms with van der Waals surface area (Å²) in [5.74, 6) is 7.83. The van der Waals surface area contributed by atoms with Crippen molar-refractivity contribution in [2.75, 3.05) is 14.2 Å². The number of benzene rings is 2. The molecule has 0 aromatic heterocycles. The van der Waals surface area contributed by atoms with Crippen LogP contribution in [-0.2, 0) is 0 Å². The standard InChI is InChI=1S/C18H18O2/c1-13-7-14(2)9-15(8-13)5-6-16-10-17(19-3)12-18(11-16)20-4/h7-12H,1-4H3. The number of ether oxygens (including phenoxy) is 2. The Kier molecular flexibility index (Phi) is 4.32. The number of methoxy groups -OCH3 is 2. The normalized spacial score (nSPS) is 9.60. The first-order valence-corrected chi connectivity index (χ1v) is 6.44. The van der Waals surface area contributed by atoms with E-state index in [1.165, 1.54) is 11.1 Å². The molecular formula is C18H18O2. The quantitative estimate of drug-likeness (QED) is 0.771. The van der Waals surface area contributed by atoms with Crippen LogP contribution < -0.4 is 9.47 Å². The molecule has 2 aromatic rings. The predicted molar refractivity (Wildman–Crippen MR) is 81.4 cm³/mol. The second-order valence-corrected chi connectivity index (χ2v) is 4.73. The molecule has 0 bridgehead atoms. The minimum atomic E-state index is 0.745. The molecule has 0 aliphatic rings. The molecule has 0 amide bonds. The van der Waals surface area contributed by atoms with Gasteiger partial charge in [0.1, 0.15) is 11.5 Å². The summed E-state index contributed by atoms with van der Waals surface area (Å²) in [5, 5.41) is 0. The molecule has 0 aliphatic heterocycles. The maximum atomic E-state index is 5.24. The summed E-state index contributed by atoms with van der Waals surface area (Å²) in [5.41, 5.74) is 4.33. The third-order valence-electron chi connectivity index (χ3n) is 2.92. The average molecular weight is 266 g/mol. The SMILES string of the molecule is COc1cc(C#Cc2cc(C)cc(C)c2)cc(OC)c1. The third kappa shape index (κ3) is 3.55. The van der Waals surface area contributed by atoms with Gasteiger partial charge in [-0.3, -0.25) is 0 Å². The second-order valence-electron chi connectivity index (χ2n) is 4.73. The van der Waals surface area contributed by atoms with Gasteiger partial charge in [-0.25, -0.2) is 0 Å². The average Bonchev–Trinajstić information content (AvgIpc) is 2.43. The first kappa shape index (κ1) is 14.0. The van der Waals surface area contributed by atoms with E-state index in [1.807, 2.05) is 18.2 Å². The Morgan fingerprint density at radius 2 is 1.10 bits per heavy atom. The second kappa shape index (κ2) is 6.16. The third-order valence-corrected chi connectivity index (χ3v) is 2.92. The fourth-order valence-electron chi connectivity index (χ4n) is 2.07. The lowest BCUT2D eigenvalue weighted by Gasteiger charge is -2.04. The van der Waals surface area contributed by atoms with Crippen molar-refractivity contribution >= 4 is 0 Å². The van der Waals surface area contributed by atoms with Crippen LogP contribution in [0.4, 0.5) is 0 Å². The number of hydrogen-bond donors (Lipinski definition) is 0. The number of hydrogen-bond acceptors (Lipinski definition) is 2. The summed E-state index contributed by atoms with van der Waals surface area (Å²) < 4.78 is 10.5. The molecule has 0 aliphatic carbocycles. The van der Waals surface area contributed by atoms with E-state index >= 15 is 0 Å². The van der Waals surface area contributed by atoms with Crippen LogP contribution >= 0.6 is 0 Å². The zero-order chi connectivity index (χ0) is 14.5. The molecule has 2 aromatic carbocycles. The van der Waals surface area contributed by atoms with Gasteiger partial charge in [0.15, 0.2) is 0 Å². The largest absolute Gasteiger partial charge is 0.497 e. The van der Waals surface area contributed by atoms with Gasteiger partial charge in [0.05, 0.1) is 14.2 Å². The summed E-state index contributed by atoms with van der Waals surface area (Å²) in [7, 11) is 3.27. The first-order chi connectivity index (χ1) is 9.60.